The van der Waals surface area contributed by atoms with E-state index in [1.54, 1.807) is 25.3 Å². The number of hydrogen-bond donors (Lipinski definition) is 1. The van der Waals surface area contributed by atoms with Gasteiger partial charge in [-0.2, -0.15) is 0 Å². The van der Waals surface area contributed by atoms with Crippen LogP contribution in [-0.2, 0) is 4.79 Å². The molecule has 1 N–H and O–H groups in total. The molecule has 1 fully saturated rings. The molecule has 3 aromatic carbocycles. The normalized spacial score (nSPS) is 15.7. The van der Waals surface area contributed by atoms with Gasteiger partial charge in [0.2, 0.25) is 0 Å². The summed E-state index contributed by atoms with van der Waals surface area (Å²) in [4.78, 5) is 13.2. The highest BCUT2D eigenvalue weighted by Crippen LogP contribution is 2.33. The number of carboxylic acid groups (broad SMARTS) is 1. The Balaban J connectivity index is 1.50. The first-order valence-electron chi connectivity index (χ1n) is 10.2. The highest BCUT2D eigenvalue weighted by molar-refractivity contribution is 5.69. The van der Waals surface area contributed by atoms with Crippen molar-refractivity contribution in [3.05, 3.63) is 72.5 Å². The van der Waals surface area contributed by atoms with Gasteiger partial charge in [0.05, 0.1) is 13.5 Å². The van der Waals surface area contributed by atoms with Gasteiger partial charge in [-0.05, 0) is 73.0 Å². The predicted octanol–water partition coefficient (Wildman–Crippen LogP) is 5.74. The number of rotatable bonds is 7. The highest BCUT2D eigenvalue weighted by atomic mass is 19.1. The Morgan fingerprint density at radius 3 is 2.58 bits per heavy atom. The van der Waals surface area contributed by atoms with Crippen molar-refractivity contribution in [2.75, 3.05) is 18.6 Å². The first kappa shape index (κ1) is 20.7. The van der Waals surface area contributed by atoms with Crippen LogP contribution in [0.1, 0.15) is 19.3 Å². The lowest BCUT2D eigenvalue weighted by atomic mass is 10.0. The van der Waals surface area contributed by atoms with Crippen molar-refractivity contribution >= 4 is 11.7 Å². The molecule has 5 nitrogen and oxygen atoms in total. The van der Waals surface area contributed by atoms with Crippen LogP contribution < -0.4 is 14.4 Å². The van der Waals surface area contributed by atoms with E-state index < -0.39 is 5.97 Å². The third-order valence-corrected chi connectivity index (χ3v) is 5.51. The Bertz CT molecular complexity index is 1070. The molecule has 0 aromatic heterocycles. The lowest BCUT2D eigenvalue weighted by Crippen LogP contribution is -2.31. The molecule has 1 saturated heterocycles. The summed E-state index contributed by atoms with van der Waals surface area (Å²) in [6.45, 7) is 0.853. The molecule has 1 heterocycles. The van der Waals surface area contributed by atoms with Gasteiger partial charge in [-0.1, -0.05) is 12.1 Å². The van der Waals surface area contributed by atoms with E-state index in [4.69, 9.17) is 14.6 Å². The third kappa shape index (κ3) is 4.79. The molecule has 3 aromatic rings. The molecule has 0 radical (unpaired) electrons. The van der Waals surface area contributed by atoms with Gasteiger partial charge in [0.25, 0.3) is 0 Å². The van der Waals surface area contributed by atoms with Crippen LogP contribution in [0.3, 0.4) is 0 Å². The SMILES string of the molecule is COc1ccc(F)c(-c2cccc(Oc3ccc(N4CCC[C@H]4CC(=O)O)cc3)c2)c1. The molecular weight excluding hydrogens is 397 g/mol. The molecule has 0 unspecified atom stereocenters. The molecule has 6 heteroatoms. The number of carboxylic acids is 1. The number of carbonyl (C=O) groups is 1. The van der Waals surface area contributed by atoms with E-state index in [0.717, 1.165) is 25.1 Å². The summed E-state index contributed by atoms with van der Waals surface area (Å²) in [6, 6.07) is 19.5. The number of hydrogen-bond acceptors (Lipinski definition) is 4. The van der Waals surface area contributed by atoms with Crippen LogP contribution in [0.25, 0.3) is 11.1 Å². The van der Waals surface area contributed by atoms with Crippen LogP contribution in [0, 0.1) is 5.82 Å². The second kappa shape index (κ2) is 9.08. The zero-order valence-electron chi connectivity index (χ0n) is 17.3. The molecule has 160 valence electrons. The Morgan fingerprint density at radius 1 is 1.06 bits per heavy atom. The lowest BCUT2D eigenvalue weighted by molar-refractivity contribution is -0.137. The molecular formula is C25H24FNO4. The van der Waals surface area contributed by atoms with Crippen LogP contribution in [0.5, 0.6) is 17.2 Å². The second-order valence-corrected chi connectivity index (χ2v) is 7.56. The summed E-state index contributed by atoms with van der Waals surface area (Å²) in [7, 11) is 1.55. The van der Waals surface area contributed by atoms with Crippen molar-refractivity contribution in [3.8, 4) is 28.4 Å². The number of methoxy groups -OCH3 is 1. The van der Waals surface area contributed by atoms with Crippen LogP contribution in [0.2, 0.25) is 0 Å². The monoisotopic (exact) mass is 421 g/mol. The summed E-state index contributed by atoms with van der Waals surface area (Å²) in [5.74, 6) is 0.729. The van der Waals surface area contributed by atoms with E-state index in [9.17, 15) is 9.18 Å². The van der Waals surface area contributed by atoms with Gasteiger partial charge >= 0.3 is 5.97 Å². The summed E-state index contributed by atoms with van der Waals surface area (Å²) in [5, 5.41) is 9.12. The Morgan fingerprint density at radius 2 is 1.84 bits per heavy atom. The fraction of sp³-hybridized carbons (Fsp3) is 0.240. The van der Waals surface area contributed by atoms with Crippen LogP contribution in [0.4, 0.5) is 10.1 Å². The summed E-state index contributed by atoms with van der Waals surface area (Å²) >= 11 is 0. The number of aliphatic carboxylic acids is 1. The van der Waals surface area contributed by atoms with Gasteiger partial charge in [-0.3, -0.25) is 4.79 Å². The first-order valence-corrected chi connectivity index (χ1v) is 10.2. The predicted molar refractivity (Wildman–Crippen MR) is 118 cm³/mol. The molecule has 1 aliphatic rings. The summed E-state index contributed by atoms with van der Waals surface area (Å²) in [5.41, 5.74) is 2.13. The number of halogens is 1. The summed E-state index contributed by atoms with van der Waals surface area (Å²) in [6.07, 6.45) is 2.02. The van der Waals surface area contributed by atoms with E-state index >= 15 is 0 Å². The maximum atomic E-state index is 14.3. The molecule has 0 bridgehead atoms. The molecule has 4 rings (SSSR count). The zero-order chi connectivity index (χ0) is 21.8. The van der Waals surface area contributed by atoms with E-state index in [-0.39, 0.29) is 18.3 Å². The minimum Gasteiger partial charge on any atom is -0.497 e. The van der Waals surface area contributed by atoms with Crippen LogP contribution >= 0.6 is 0 Å². The quantitative estimate of drug-likeness (QED) is 0.527. The van der Waals surface area contributed by atoms with Crippen molar-refractivity contribution in [2.45, 2.75) is 25.3 Å². The average molecular weight is 421 g/mol. The first-order chi connectivity index (χ1) is 15.0. The Labute approximate surface area is 180 Å². The maximum Gasteiger partial charge on any atom is 0.305 e. The minimum absolute atomic E-state index is 0.0266. The third-order valence-electron chi connectivity index (χ3n) is 5.51. The topological polar surface area (TPSA) is 59.0 Å². The maximum absolute atomic E-state index is 14.3. The molecule has 0 spiro atoms. The van der Waals surface area contributed by atoms with Gasteiger partial charge in [0, 0.05) is 23.8 Å². The lowest BCUT2D eigenvalue weighted by Gasteiger charge is -2.25. The molecule has 0 saturated carbocycles. The zero-order valence-corrected chi connectivity index (χ0v) is 17.3. The van der Waals surface area contributed by atoms with Gasteiger partial charge in [0.1, 0.15) is 23.1 Å². The van der Waals surface area contributed by atoms with Gasteiger partial charge < -0.3 is 19.5 Å². The van der Waals surface area contributed by atoms with Crippen molar-refractivity contribution in [1.82, 2.24) is 0 Å². The van der Waals surface area contributed by atoms with Crippen molar-refractivity contribution in [1.29, 1.82) is 0 Å². The second-order valence-electron chi connectivity index (χ2n) is 7.56. The van der Waals surface area contributed by atoms with Crippen molar-refractivity contribution in [3.63, 3.8) is 0 Å². The molecule has 0 amide bonds. The van der Waals surface area contributed by atoms with Crippen molar-refractivity contribution < 1.29 is 23.8 Å². The van der Waals surface area contributed by atoms with Gasteiger partial charge in [-0.15, -0.1) is 0 Å². The van der Waals surface area contributed by atoms with E-state index in [1.165, 1.54) is 6.07 Å². The largest absolute Gasteiger partial charge is 0.497 e. The number of nitrogens with zero attached hydrogens (tertiary/aromatic N) is 1. The smallest absolute Gasteiger partial charge is 0.305 e. The number of ether oxygens (including phenoxy) is 2. The van der Waals surface area contributed by atoms with E-state index in [2.05, 4.69) is 4.90 Å². The molecule has 1 atom stereocenters. The van der Waals surface area contributed by atoms with Gasteiger partial charge in [0.15, 0.2) is 0 Å². The van der Waals surface area contributed by atoms with E-state index in [1.807, 2.05) is 42.5 Å². The van der Waals surface area contributed by atoms with Crippen molar-refractivity contribution in [2.24, 2.45) is 0 Å². The van der Waals surface area contributed by atoms with E-state index in [0.29, 0.717) is 28.4 Å². The Kier molecular flexibility index (Phi) is 6.07. The number of benzene rings is 3. The standard InChI is InChI=1S/C25H24FNO4/c1-30-21-11-12-24(26)23(16-21)17-4-2-6-22(14-17)31-20-9-7-18(8-10-20)27-13-3-5-19(27)15-25(28)29/h2,4,6-12,14,16,19H,3,5,13,15H2,1H3,(H,28,29)/t19-/m0/s1. The molecule has 0 aliphatic carbocycles. The minimum atomic E-state index is -0.774. The molecule has 1 aliphatic heterocycles. The van der Waals surface area contributed by atoms with Crippen LogP contribution in [-0.4, -0.2) is 30.8 Å². The van der Waals surface area contributed by atoms with Gasteiger partial charge in [-0.25, -0.2) is 4.39 Å². The molecule has 31 heavy (non-hydrogen) atoms. The summed E-state index contributed by atoms with van der Waals surface area (Å²) < 4.78 is 25.5. The highest BCUT2D eigenvalue weighted by Gasteiger charge is 2.26. The average Bonchev–Trinajstić information content (AvgIpc) is 3.22. The fourth-order valence-corrected chi connectivity index (χ4v) is 4.01. The fourth-order valence-electron chi connectivity index (χ4n) is 4.01. The number of anilines is 1. The Hall–Kier alpha value is -3.54. The van der Waals surface area contributed by atoms with Crippen LogP contribution in [0.15, 0.2) is 66.7 Å².